The van der Waals surface area contributed by atoms with Gasteiger partial charge >= 0.3 is 102 Å². The third-order valence-electron chi connectivity index (χ3n) is 4.83. The number of nitrogens with one attached hydrogen (secondary N) is 1. The Morgan fingerprint density at radius 2 is 1.23 bits per heavy atom. The molecule has 0 saturated carbocycles. The molecule has 6 heteroatoms. The molecule has 3 aromatic carbocycles. The van der Waals surface area contributed by atoms with Gasteiger partial charge in [-0.15, -0.1) is 0 Å². The summed E-state index contributed by atoms with van der Waals surface area (Å²) in [5, 5.41) is 1.99. The van der Waals surface area contributed by atoms with E-state index in [1.165, 1.54) is 6.20 Å². The van der Waals surface area contributed by atoms with E-state index in [0.29, 0.717) is 5.52 Å². The molecule has 2 aromatic heterocycles. The van der Waals surface area contributed by atoms with Gasteiger partial charge in [-0.1, -0.05) is 12.1 Å². The van der Waals surface area contributed by atoms with Gasteiger partial charge in [0.1, 0.15) is 5.52 Å². The molecule has 0 bridgehead atoms. The molecule has 0 radical (unpaired) electrons. The summed E-state index contributed by atoms with van der Waals surface area (Å²) in [6, 6.07) is 31.5. The fourth-order valence-corrected chi connectivity index (χ4v) is 11.1. The van der Waals surface area contributed by atoms with E-state index in [9.17, 15) is 4.91 Å². The molecule has 0 aliphatic rings. The molecule has 0 amide bonds. The van der Waals surface area contributed by atoms with Gasteiger partial charge in [-0.05, 0) is 18.2 Å². The van der Waals surface area contributed by atoms with Gasteiger partial charge in [0.25, 0.3) is 5.52 Å². The average molecular weight is 541 g/mol. The number of fused-ring (bicyclic) bond motifs is 3. The summed E-state index contributed by atoms with van der Waals surface area (Å²) in [6.45, 7) is 0. The van der Waals surface area contributed by atoms with Crippen molar-refractivity contribution in [3.05, 3.63) is 114 Å². The first-order valence-corrected chi connectivity index (χ1v) is 19.6. The predicted octanol–water partition coefficient (Wildman–Crippen LogP) is 4.96. The summed E-state index contributed by atoms with van der Waals surface area (Å²) >= 11 is -3.30. The Balaban J connectivity index is 0.000000145. The normalized spacial score (nSPS) is 11.1. The molecule has 0 atom stereocenters. The molecule has 5 rings (SSSR count). The van der Waals surface area contributed by atoms with Crippen molar-refractivity contribution in [1.82, 2.24) is 4.98 Å². The second kappa shape index (κ2) is 9.21. The number of aromatic nitrogens is 2. The van der Waals surface area contributed by atoms with E-state index in [-0.39, 0.29) is 0 Å². The van der Waals surface area contributed by atoms with Crippen LogP contribution in [-0.2, 0) is 0 Å². The second-order valence-corrected chi connectivity index (χ2v) is 22.3. The molecule has 0 aliphatic carbocycles. The van der Waals surface area contributed by atoms with Crippen LogP contribution in [0.2, 0.25) is 0 Å². The Labute approximate surface area is 185 Å². The van der Waals surface area contributed by atoms with Gasteiger partial charge in [0.05, 0.1) is 9.81 Å². The maximum atomic E-state index is 11.7. The number of nitrogens with zero attached hydrogens (tertiary/aromatic N) is 1. The number of halogens is 2. The van der Waals surface area contributed by atoms with Gasteiger partial charge in [-0.2, -0.15) is 0 Å². The van der Waals surface area contributed by atoms with Crippen LogP contribution >= 0.6 is 17.8 Å². The summed E-state index contributed by atoms with van der Waals surface area (Å²) < 4.78 is 3.09. The Bertz CT molecular complexity index is 1300. The van der Waals surface area contributed by atoms with E-state index in [2.05, 4.69) is 4.98 Å². The zero-order valence-corrected chi connectivity index (χ0v) is 20.4. The van der Waals surface area contributed by atoms with Crippen molar-refractivity contribution in [2.24, 2.45) is 0 Å². The number of hydrogen-bond acceptors (Lipinski definition) is 1. The number of pyridine rings is 2. The molecule has 1 N–H and O–H groups in total. The minimum atomic E-state index is -3.30. The van der Waals surface area contributed by atoms with E-state index in [1.807, 2.05) is 97.2 Å². The van der Waals surface area contributed by atoms with Crippen LogP contribution in [0.15, 0.2) is 109 Å². The quantitative estimate of drug-likeness (QED) is 0.192. The zero-order chi connectivity index (χ0) is 21.0. The van der Waals surface area contributed by atoms with E-state index in [0.717, 1.165) is 27.9 Å². The standard InChI is InChI=1S/C12H9N2O.2C6H5.2ClH.Sn/c15-14-8-2-4-10-6-5-9-3-1-7-13-11(9)12(10)14;2*1-2-4-6-5-3-1;;;/h1-8,13H;2*1-5H;2*1H;/q+1;;;;;+2/p-2. The molecule has 0 unspecified atom stereocenters. The van der Waals surface area contributed by atoms with Crippen molar-refractivity contribution < 1.29 is 4.43 Å². The maximum absolute atomic E-state index is 11.7. The molecule has 0 saturated heterocycles. The Morgan fingerprint density at radius 3 is 1.87 bits per heavy atom. The van der Waals surface area contributed by atoms with Crippen LogP contribution in [0.5, 0.6) is 0 Å². The third-order valence-corrected chi connectivity index (χ3v) is 16.7. The van der Waals surface area contributed by atoms with Gasteiger partial charge in [0.2, 0.25) is 6.20 Å². The van der Waals surface area contributed by atoms with Crippen molar-refractivity contribution in [1.29, 1.82) is 0 Å². The van der Waals surface area contributed by atoms with Crippen molar-refractivity contribution in [2.75, 3.05) is 0 Å². The molecule has 3 nitrogen and oxygen atoms in total. The molecule has 0 aliphatic heterocycles. The van der Waals surface area contributed by atoms with Crippen molar-refractivity contribution >= 4 is 62.9 Å². The SMILES string of the molecule is O=[n+]1cccc2ccc3ccc[nH]c3c21.[Cl][Sn]([Cl])([c]1ccccc1)[c]1ccccc1. The molecule has 0 fully saturated rings. The van der Waals surface area contributed by atoms with E-state index in [4.69, 9.17) is 17.8 Å². The van der Waals surface area contributed by atoms with Crippen LogP contribution in [0.4, 0.5) is 0 Å². The summed E-state index contributed by atoms with van der Waals surface area (Å²) in [4.78, 5) is 14.8. The number of rotatable bonds is 2. The number of hydrogen-bond donors (Lipinski definition) is 1. The van der Waals surface area contributed by atoms with Crippen LogP contribution < -0.4 is 11.6 Å². The van der Waals surface area contributed by atoms with Crippen LogP contribution in [-0.4, -0.2) is 21.1 Å². The van der Waals surface area contributed by atoms with E-state index in [1.54, 1.807) is 6.07 Å². The van der Waals surface area contributed by atoms with Crippen molar-refractivity contribution in [2.45, 2.75) is 0 Å². The zero-order valence-electron chi connectivity index (χ0n) is 16.0. The van der Waals surface area contributed by atoms with Gasteiger partial charge in [-0.25, -0.2) is 0 Å². The Morgan fingerprint density at radius 1 is 0.667 bits per heavy atom. The van der Waals surface area contributed by atoms with Gasteiger partial charge < -0.3 is 4.98 Å². The molecule has 5 aromatic rings. The molecular weight excluding hydrogens is 522 g/mol. The van der Waals surface area contributed by atoms with Gasteiger partial charge in [0, 0.05) is 22.6 Å². The molecule has 0 spiro atoms. The third kappa shape index (κ3) is 4.38. The van der Waals surface area contributed by atoms with E-state index >= 15 is 0 Å². The summed E-state index contributed by atoms with van der Waals surface area (Å²) in [7, 11) is 13.1. The number of aromatic amines is 1. The monoisotopic (exact) mass is 541 g/mol. The van der Waals surface area contributed by atoms with Gasteiger partial charge in [0.15, 0.2) is 0 Å². The summed E-state index contributed by atoms with van der Waals surface area (Å²) in [5.41, 5.74) is 1.57. The second-order valence-electron chi connectivity index (χ2n) is 6.78. The molecule has 30 heavy (non-hydrogen) atoms. The Kier molecular flexibility index (Phi) is 6.42. The van der Waals surface area contributed by atoms with Crippen LogP contribution in [0.3, 0.4) is 0 Å². The van der Waals surface area contributed by atoms with Crippen LogP contribution in [0, 0.1) is 4.91 Å². The first-order valence-electron chi connectivity index (χ1n) is 9.47. The summed E-state index contributed by atoms with van der Waals surface area (Å²) in [5.74, 6) is 0. The van der Waals surface area contributed by atoms with Crippen molar-refractivity contribution in [3.63, 3.8) is 0 Å². The first-order chi connectivity index (χ1) is 14.6. The van der Waals surface area contributed by atoms with Crippen LogP contribution in [0.1, 0.15) is 0 Å². The summed E-state index contributed by atoms with van der Waals surface area (Å²) in [6.07, 6.45) is 3.34. The molecule has 148 valence electrons. The van der Waals surface area contributed by atoms with Gasteiger partial charge in [-0.3, -0.25) is 0 Å². The number of benzene rings is 3. The van der Waals surface area contributed by atoms with Crippen molar-refractivity contribution in [3.8, 4) is 0 Å². The average Bonchev–Trinajstić information content (AvgIpc) is 2.80. The van der Waals surface area contributed by atoms with E-state index < -0.39 is 16.1 Å². The first kappa shape index (κ1) is 20.9. The fourth-order valence-electron chi connectivity index (χ4n) is 3.33. The number of H-pyrrole nitrogens is 1. The fraction of sp³-hybridized carbons (Fsp3) is 0. The predicted molar refractivity (Wildman–Crippen MR) is 129 cm³/mol. The Hall–Kier alpha value is -2.34. The topological polar surface area (TPSA) is 38.8 Å². The molecular formula is C24H19Cl2N2OSn+. The van der Waals surface area contributed by atoms with Crippen LogP contribution in [0.25, 0.3) is 21.8 Å². The molecule has 2 heterocycles. The minimum absolute atomic E-state index is 0.690.